The van der Waals surface area contributed by atoms with Gasteiger partial charge in [0.05, 0.1) is 11.3 Å². The summed E-state index contributed by atoms with van der Waals surface area (Å²) in [5.74, 6) is -0.735. The second-order valence-electron chi connectivity index (χ2n) is 7.37. The van der Waals surface area contributed by atoms with Crippen molar-refractivity contribution < 1.29 is 22.4 Å². The maximum atomic E-state index is 14.7. The number of aryl methyl sites for hydroxylation is 1. The quantitative estimate of drug-likeness (QED) is 0.448. The van der Waals surface area contributed by atoms with Crippen molar-refractivity contribution in [2.24, 2.45) is 0 Å². The number of halogens is 4. The van der Waals surface area contributed by atoms with Gasteiger partial charge in [-0.3, -0.25) is 4.79 Å². The summed E-state index contributed by atoms with van der Waals surface area (Å²) in [7, 11) is 1.53. The molecule has 3 nitrogen and oxygen atoms in total. The van der Waals surface area contributed by atoms with Gasteiger partial charge in [-0.05, 0) is 48.2 Å². The van der Waals surface area contributed by atoms with E-state index in [0.29, 0.717) is 24.9 Å². The van der Waals surface area contributed by atoms with E-state index in [2.05, 4.69) is 5.32 Å². The van der Waals surface area contributed by atoms with E-state index < -0.39 is 23.6 Å². The molecule has 0 unspecified atom stereocenters. The first kappa shape index (κ1) is 23.3. The number of benzene rings is 3. The predicted octanol–water partition coefficient (Wildman–Crippen LogP) is 5.77. The Kier molecular flexibility index (Phi) is 7.51. The van der Waals surface area contributed by atoms with Crippen LogP contribution < -0.4 is 10.2 Å². The van der Waals surface area contributed by atoms with Gasteiger partial charge in [0.2, 0.25) is 5.91 Å². The first-order valence-electron chi connectivity index (χ1n) is 10.2. The van der Waals surface area contributed by atoms with Crippen molar-refractivity contribution >= 4 is 11.6 Å². The minimum atomic E-state index is -4.38. The summed E-state index contributed by atoms with van der Waals surface area (Å²) in [6, 6.07) is 19.6. The summed E-state index contributed by atoms with van der Waals surface area (Å²) < 4.78 is 53.1. The third-order valence-corrected chi connectivity index (χ3v) is 5.23. The number of carbonyl (C=O) groups is 1. The molecule has 3 rings (SSSR count). The fourth-order valence-corrected chi connectivity index (χ4v) is 3.63. The van der Waals surface area contributed by atoms with Crippen LogP contribution in [0.1, 0.15) is 29.2 Å². The predicted molar refractivity (Wildman–Crippen MR) is 117 cm³/mol. The van der Waals surface area contributed by atoms with Crippen molar-refractivity contribution in [1.29, 1.82) is 0 Å². The van der Waals surface area contributed by atoms with Crippen molar-refractivity contribution in [3.63, 3.8) is 0 Å². The molecule has 0 aliphatic rings. The molecule has 0 aliphatic heterocycles. The number of hydrogen-bond acceptors (Lipinski definition) is 2. The maximum absolute atomic E-state index is 14.7. The molecule has 0 fully saturated rings. The van der Waals surface area contributed by atoms with Crippen molar-refractivity contribution in [3.8, 4) is 0 Å². The number of para-hydroxylation sites is 1. The standard InChI is InChI=1S/C25H24F4N2O/c1-30-24(32)23(19-9-3-2-4-10-19)31(22-12-6-5-11-21(22)26)17-7-8-18-13-15-20(16-14-18)25(27,28)29/h2-6,9-16,23H,7-8,17H2,1H3,(H,30,32)/t23-/m0/s1. The van der Waals surface area contributed by atoms with Gasteiger partial charge >= 0.3 is 6.18 Å². The number of alkyl halides is 3. The van der Waals surface area contributed by atoms with E-state index in [9.17, 15) is 22.4 Å². The first-order valence-corrected chi connectivity index (χ1v) is 10.2. The Morgan fingerprint density at radius 3 is 2.16 bits per heavy atom. The van der Waals surface area contributed by atoms with Crippen LogP contribution in [0.2, 0.25) is 0 Å². The van der Waals surface area contributed by atoms with Gasteiger partial charge in [0.15, 0.2) is 0 Å². The highest BCUT2D eigenvalue weighted by Gasteiger charge is 2.30. The van der Waals surface area contributed by atoms with Crippen molar-refractivity contribution in [1.82, 2.24) is 5.32 Å². The van der Waals surface area contributed by atoms with Crippen LogP contribution in [0.15, 0.2) is 78.9 Å². The molecule has 0 bridgehead atoms. The molecule has 3 aromatic rings. The highest BCUT2D eigenvalue weighted by molar-refractivity contribution is 5.86. The Bertz CT molecular complexity index is 1020. The van der Waals surface area contributed by atoms with E-state index in [1.54, 1.807) is 23.1 Å². The second kappa shape index (κ2) is 10.3. The Labute approximate surface area is 184 Å². The van der Waals surface area contributed by atoms with Gasteiger partial charge in [-0.2, -0.15) is 13.2 Å². The van der Waals surface area contributed by atoms with Gasteiger partial charge in [-0.25, -0.2) is 4.39 Å². The van der Waals surface area contributed by atoms with Gasteiger partial charge in [-0.1, -0.05) is 54.6 Å². The third-order valence-electron chi connectivity index (χ3n) is 5.23. The third kappa shape index (κ3) is 5.66. The molecule has 0 radical (unpaired) electrons. The van der Waals surface area contributed by atoms with E-state index >= 15 is 0 Å². The van der Waals surface area contributed by atoms with Gasteiger partial charge in [0.25, 0.3) is 0 Å². The summed E-state index contributed by atoms with van der Waals surface area (Å²) >= 11 is 0. The van der Waals surface area contributed by atoms with Crippen LogP contribution in [0.3, 0.4) is 0 Å². The number of amides is 1. The summed E-state index contributed by atoms with van der Waals surface area (Å²) in [4.78, 5) is 14.5. The normalized spacial score (nSPS) is 12.3. The molecule has 0 saturated carbocycles. The largest absolute Gasteiger partial charge is 0.416 e. The van der Waals surface area contributed by atoms with Gasteiger partial charge in [-0.15, -0.1) is 0 Å². The summed E-state index contributed by atoms with van der Waals surface area (Å²) in [5, 5.41) is 2.65. The number of carbonyl (C=O) groups excluding carboxylic acids is 1. The zero-order valence-corrected chi connectivity index (χ0v) is 17.6. The van der Waals surface area contributed by atoms with Crippen molar-refractivity contribution in [2.75, 3.05) is 18.5 Å². The molecular weight excluding hydrogens is 420 g/mol. The number of nitrogens with one attached hydrogen (secondary N) is 1. The fourth-order valence-electron chi connectivity index (χ4n) is 3.63. The van der Waals surface area contributed by atoms with Gasteiger partial charge in [0.1, 0.15) is 11.9 Å². The monoisotopic (exact) mass is 444 g/mol. The lowest BCUT2D eigenvalue weighted by Gasteiger charge is -2.33. The number of rotatable bonds is 8. The second-order valence-corrected chi connectivity index (χ2v) is 7.37. The zero-order chi connectivity index (χ0) is 23.1. The summed E-state index contributed by atoms with van der Waals surface area (Å²) in [6.07, 6.45) is -3.38. The van der Waals surface area contributed by atoms with Crippen LogP contribution in [-0.2, 0) is 17.4 Å². The smallest absolute Gasteiger partial charge is 0.357 e. The molecule has 168 valence electrons. The number of nitrogens with zero attached hydrogens (tertiary/aromatic N) is 1. The van der Waals surface area contributed by atoms with E-state index in [1.807, 2.05) is 30.3 Å². The Balaban J connectivity index is 1.85. The number of hydrogen-bond donors (Lipinski definition) is 1. The van der Waals surface area contributed by atoms with E-state index in [0.717, 1.165) is 17.7 Å². The lowest BCUT2D eigenvalue weighted by atomic mass is 10.0. The summed E-state index contributed by atoms with van der Waals surface area (Å²) in [6.45, 7) is 0.328. The fraction of sp³-hybridized carbons (Fsp3) is 0.240. The molecular formula is C25H24F4N2O. The molecule has 0 saturated heterocycles. The van der Waals surface area contributed by atoms with Crippen LogP contribution in [0.4, 0.5) is 23.2 Å². The topological polar surface area (TPSA) is 32.3 Å². The minimum Gasteiger partial charge on any atom is -0.357 e. The molecule has 1 atom stereocenters. The highest BCUT2D eigenvalue weighted by Crippen LogP contribution is 2.31. The van der Waals surface area contributed by atoms with E-state index in [-0.39, 0.29) is 11.6 Å². The highest BCUT2D eigenvalue weighted by atomic mass is 19.4. The molecule has 0 spiro atoms. The van der Waals surface area contributed by atoms with Crippen LogP contribution in [-0.4, -0.2) is 19.5 Å². The lowest BCUT2D eigenvalue weighted by Crippen LogP contribution is -2.40. The van der Waals surface area contributed by atoms with E-state index in [1.165, 1.54) is 25.2 Å². The Morgan fingerprint density at radius 2 is 1.56 bits per heavy atom. The van der Waals surface area contributed by atoms with Gasteiger partial charge < -0.3 is 10.2 Å². The Morgan fingerprint density at radius 1 is 0.938 bits per heavy atom. The SMILES string of the molecule is CNC(=O)[C@H](c1ccccc1)N(CCCc1ccc(C(F)(F)F)cc1)c1ccccc1F. The lowest BCUT2D eigenvalue weighted by molar-refractivity contribution is -0.137. The van der Waals surface area contributed by atoms with E-state index in [4.69, 9.17) is 0 Å². The zero-order valence-electron chi connectivity index (χ0n) is 17.6. The maximum Gasteiger partial charge on any atom is 0.416 e. The van der Waals surface area contributed by atoms with Crippen molar-refractivity contribution in [2.45, 2.75) is 25.1 Å². The average Bonchev–Trinajstić information content (AvgIpc) is 2.79. The van der Waals surface area contributed by atoms with Crippen LogP contribution in [0.25, 0.3) is 0 Å². The molecule has 0 aliphatic carbocycles. The molecule has 0 heterocycles. The molecule has 1 amide bonds. The molecule has 1 N–H and O–H groups in total. The first-order chi connectivity index (χ1) is 15.3. The summed E-state index contributed by atoms with van der Waals surface area (Å²) in [5.41, 5.74) is 1.04. The molecule has 32 heavy (non-hydrogen) atoms. The molecule has 7 heteroatoms. The average molecular weight is 444 g/mol. The minimum absolute atomic E-state index is 0.283. The Hall–Kier alpha value is -3.35. The van der Waals surface area contributed by atoms with Crippen LogP contribution >= 0.6 is 0 Å². The van der Waals surface area contributed by atoms with Crippen molar-refractivity contribution in [3.05, 3.63) is 101 Å². The van der Waals surface area contributed by atoms with Crippen LogP contribution in [0, 0.1) is 5.82 Å². The van der Waals surface area contributed by atoms with Crippen LogP contribution in [0.5, 0.6) is 0 Å². The van der Waals surface area contributed by atoms with Gasteiger partial charge in [0, 0.05) is 13.6 Å². The molecule has 3 aromatic carbocycles. The number of anilines is 1. The number of likely N-dealkylation sites (N-methyl/N-ethyl adjacent to an activating group) is 1. The molecule has 0 aromatic heterocycles.